The van der Waals surface area contributed by atoms with Gasteiger partial charge in [0, 0.05) is 13.2 Å². The summed E-state index contributed by atoms with van der Waals surface area (Å²) in [6.07, 6.45) is 2.56. The Balaban J connectivity index is 0.000000300. The van der Waals surface area contributed by atoms with Crippen molar-refractivity contribution < 1.29 is 19.1 Å². The molecule has 106 valence electrons. The number of rotatable bonds is 3. The van der Waals surface area contributed by atoms with Gasteiger partial charge in [0.1, 0.15) is 5.82 Å². The standard InChI is InChI=1S/C7H9N3O4.C4H8O/c1-4-8-6(13-2)5(10(11)12)7(9-4)14-3;1-2-4-5-3-1/h1-3H3;1-4H2. The van der Waals surface area contributed by atoms with Crippen LogP contribution in [0.5, 0.6) is 11.8 Å². The Morgan fingerprint density at radius 3 is 1.89 bits per heavy atom. The molecule has 0 radical (unpaired) electrons. The maximum Gasteiger partial charge on any atom is 0.392 e. The Hall–Kier alpha value is -1.96. The van der Waals surface area contributed by atoms with Crippen LogP contribution in [0.1, 0.15) is 18.7 Å². The number of hydrogen-bond donors (Lipinski definition) is 0. The van der Waals surface area contributed by atoms with Crippen LogP contribution in [0.2, 0.25) is 0 Å². The largest absolute Gasteiger partial charge is 0.476 e. The molecule has 0 N–H and O–H groups in total. The molecule has 0 saturated carbocycles. The van der Waals surface area contributed by atoms with E-state index in [2.05, 4.69) is 9.97 Å². The average Bonchev–Trinajstić information content (AvgIpc) is 2.96. The Bertz CT molecular complexity index is 402. The first-order valence-corrected chi connectivity index (χ1v) is 5.79. The molecule has 1 aromatic heterocycles. The van der Waals surface area contributed by atoms with Gasteiger partial charge in [0.2, 0.25) is 0 Å². The van der Waals surface area contributed by atoms with Crippen molar-refractivity contribution in [1.82, 2.24) is 9.97 Å². The summed E-state index contributed by atoms with van der Waals surface area (Å²) in [5, 5.41) is 10.6. The van der Waals surface area contributed by atoms with Gasteiger partial charge in [-0.3, -0.25) is 10.1 Å². The van der Waals surface area contributed by atoms with Crippen LogP contribution in [-0.4, -0.2) is 42.3 Å². The molecule has 8 nitrogen and oxygen atoms in total. The second kappa shape index (κ2) is 7.47. The van der Waals surface area contributed by atoms with Crippen LogP contribution in [-0.2, 0) is 4.74 Å². The number of aromatic nitrogens is 2. The van der Waals surface area contributed by atoms with Crippen LogP contribution in [0.15, 0.2) is 0 Å². The van der Waals surface area contributed by atoms with Gasteiger partial charge >= 0.3 is 17.4 Å². The Labute approximate surface area is 110 Å². The summed E-state index contributed by atoms with van der Waals surface area (Å²) >= 11 is 0. The van der Waals surface area contributed by atoms with Crippen LogP contribution in [0.4, 0.5) is 5.69 Å². The predicted octanol–water partition coefficient (Wildman–Crippen LogP) is 1.51. The molecule has 2 rings (SSSR count). The maximum atomic E-state index is 10.6. The second-order valence-corrected chi connectivity index (χ2v) is 3.71. The number of nitro groups is 1. The monoisotopic (exact) mass is 271 g/mol. The molecule has 1 fully saturated rings. The Morgan fingerprint density at radius 2 is 1.63 bits per heavy atom. The molecule has 8 heteroatoms. The summed E-state index contributed by atoms with van der Waals surface area (Å²) < 4.78 is 14.5. The van der Waals surface area contributed by atoms with Gasteiger partial charge in [-0.2, -0.15) is 9.97 Å². The van der Waals surface area contributed by atoms with Crippen molar-refractivity contribution in [2.75, 3.05) is 27.4 Å². The number of hydrogen-bond acceptors (Lipinski definition) is 7. The van der Waals surface area contributed by atoms with Crippen LogP contribution < -0.4 is 9.47 Å². The minimum atomic E-state index is -0.642. The summed E-state index contributed by atoms with van der Waals surface area (Å²) in [6.45, 7) is 3.59. The number of ether oxygens (including phenoxy) is 3. The van der Waals surface area contributed by atoms with Gasteiger partial charge in [-0.05, 0) is 19.8 Å². The predicted molar refractivity (Wildman–Crippen MR) is 66.6 cm³/mol. The Kier molecular flexibility index (Phi) is 5.94. The van der Waals surface area contributed by atoms with E-state index in [0.29, 0.717) is 5.82 Å². The van der Waals surface area contributed by atoms with Crippen molar-refractivity contribution >= 4 is 5.69 Å². The van der Waals surface area contributed by atoms with Crippen molar-refractivity contribution in [1.29, 1.82) is 0 Å². The van der Waals surface area contributed by atoms with Crippen molar-refractivity contribution in [3.63, 3.8) is 0 Å². The van der Waals surface area contributed by atoms with E-state index in [4.69, 9.17) is 14.2 Å². The molecular weight excluding hydrogens is 254 g/mol. The summed E-state index contributed by atoms with van der Waals surface area (Å²) in [4.78, 5) is 17.5. The lowest BCUT2D eigenvalue weighted by molar-refractivity contribution is -0.387. The van der Waals surface area contributed by atoms with Crippen LogP contribution >= 0.6 is 0 Å². The van der Waals surface area contributed by atoms with Crippen molar-refractivity contribution in [3.05, 3.63) is 15.9 Å². The molecular formula is C11H17N3O5. The van der Waals surface area contributed by atoms with Crippen molar-refractivity contribution in [3.8, 4) is 11.8 Å². The van der Waals surface area contributed by atoms with E-state index in [-0.39, 0.29) is 17.4 Å². The lowest BCUT2D eigenvalue weighted by Crippen LogP contribution is -2.03. The molecule has 0 atom stereocenters. The van der Waals surface area contributed by atoms with Crippen molar-refractivity contribution in [2.45, 2.75) is 19.8 Å². The molecule has 19 heavy (non-hydrogen) atoms. The first kappa shape index (κ1) is 15.1. The first-order valence-electron chi connectivity index (χ1n) is 5.79. The van der Waals surface area contributed by atoms with E-state index < -0.39 is 4.92 Å². The summed E-state index contributed by atoms with van der Waals surface area (Å²) in [5.74, 6) is 0.156. The maximum absolute atomic E-state index is 10.6. The highest BCUT2D eigenvalue weighted by Crippen LogP contribution is 2.32. The molecule has 1 saturated heterocycles. The molecule has 0 amide bonds. The molecule has 2 heterocycles. The molecule has 0 spiro atoms. The van der Waals surface area contributed by atoms with E-state index in [1.54, 1.807) is 6.92 Å². The Morgan fingerprint density at radius 1 is 1.16 bits per heavy atom. The summed E-state index contributed by atoms with van der Waals surface area (Å²) in [6, 6.07) is 0. The summed E-state index contributed by atoms with van der Waals surface area (Å²) in [5.41, 5.74) is -0.361. The zero-order valence-electron chi connectivity index (χ0n) is 11.2. The third kappa shape index (κ3) is 4.32. The van der Waals surface area contributed by atoms with E-state index in [9.17, 15) is 10.1 Å². The average molecular weight is 271 g/mol. The molecule has 1 aliphatic heterocycles. The number of nitrogens with zero attached hydrogens (tertiary/aromatic N) is 3. The molecule has 0 aromatic carbocycles. The lowest BCUT2D eigenvalue weighted by Gasteiger charge is -2.04. The number of methoxy groups -OCH3 is 2. The van der Waals surface area contributed by atoms with Crippen LogP contribution in [0, 0.1) is 17.0 Å². The molecule has 0 bridgehead atoms. The highest BCUT2D eigenvalue weighted by Gasteiger charge is 2.25. The fourth-order valence-electron chi connectivity index (χ4n) is 1.47. The normalized spacial score (nSPS) is 13.4. The zero-order chi connectivity index (χ0) is 14.3. The van der Waals surface area contributed by atoms with E-state index in [0.717, 1.165) is 13.2 Å². The third-order valence-corrected chi connectivity index (χ3v) is 2.33. The van der Waals surface area contributed by atoms with Crippen molar-refractivity contribution in [2.24, 2.45) is 0 Å². The first-order chi connectivity index (χ1) is 9.10. The lowest BCUT2D eigenvalue weighted by atomic mass is 10.4. The highest BCUT2D eigenvalue weighted by molar-refractivity contribution is 5.49. The van der Waals surface area contributed by atoms with Gasteiger partial charge in [0.05, 0.1) is 19.1 Å². The summed E-state index contributed by atoms with van der Waals surface area (Å²) in [7, 11) is 2.60. The van der Waals surface area contributed by atoms with E-state index in [1.165, 1.54) is 27.1 Å². The van der Waals surface area contributed by atoms with E-state index >= 15 is 0 Å². The highest BCUT2D eigenvalue weighted by atomic mass is 16.6. The van der Waals surface area contributed by atoms with Gasteiger partial charge in [-0.15, -0.1) is 0 Å². The molecule has 0 unspecified atom stereocenters. The smallest absolute Gasteiger partial charge is 0.392 e. The molecule has 1 aliphatic rings. The van der Waals surface area contributed by atoms with Crippen LogP contribution in [0.3, 0.4) is 0 Å². The topological polar surface area (TPSA) is 96.6 Å². The van der Waals surface area contributed by atoms with Gasteiger partial charge in [-0.25, -0.2) is 0 Å². The fourth-order valence-corrected chi connectivity index (χ4v) is 1.47. The van der Waals surface area contributed by atoms with Gasteiger partial charge < -0.3 is 14.2 Å². The van der Waals surface area contributed by atoms with E-state index in [1.807, 2.05) is 0 Å². The third-order valence-electron chi connectivity index (χ3n) is 2.33. The zero-order valence-corrected chi connectivity index (χ0v) is 11.2. The quantitative estimate of drug-likeness (QED) is 0.607. The van der Waals surface area contributed by atoms with Gasteiger partial charge in [0.25, 0.3) is 0 Å². The molecule has 1 aromatic rings. The fraction of sp³-hybridized carbons (Fsp3) is 0.636. The second-order valence-electron chi connectivity index (χ2n) is 3.71. The van der Waals surface area contributed by atoms with Gasteiger partial charge in [-0.1, -0.05) is 0 Å². The number of aryl methyl sites for hydroxylation is 1. The van der Waals surface area contributed by atoms with Gasteiger partial charge in [0.15, 0.2) is 0 Å². The minimum Gasteiger partial charge on any atom is -0.476 e. The van der Waals surface area contributed by atoms with Crippen LogP contribution in [0.25, 0.3) is 0 Å². The molecule has 0 aliphatic carbocycles. The minimum absolute atomic E-state index is 0.0978. The SMILES string of the molecule is C1CCOC1.COc1nc(C)nc(OC)c1[N+](=O)[O-].